The van der Waals surface area contributed by atoms with Gasteiger partial charge >= 0.3 is 18.1 Å². The van der Waals surface area contributed by atoms with Gasteiger partial charge in [-0.05, 0) is 71.0 Å². The number of esters is 2. The number of aliphatic hydroxyl groups excluding tert-OH is 2. The van der Waals surface area contributed by atoms with Crippen LogP contribution in [0.15, 0.2) is 91.0 Å². The van der Waals surface area contributed by atoms with Crippen molar-refractivity contribution in [3.05, 3.63) is 96.6 Å². The normalized spacial score (nSPS) is 16.2. The lowest BCUT2D eigenvalue weighted by atomic mass is 9.77. The van der Waals surface area contributed by atoms with E-state index in [2.05, 4.69) is 37.4 Å². The first-order chi connectivity index (χ1) is 26.3. The summed E-state index contributed by atoms with van der Waals surface area (Å²) in [6, 6.07) is 21.6. The molecule has 11 heteroatoms. The van der Waals surface area contributed by atoms with Gasteiger partial charge in [-0.2, -0.15) is 13.2 Å². The Bertz CT molecular complexity index is 1690. The molecule has 0 aromatic heterocycles. The average Bonchev–Trinajstić information content (AvgIpc) is 3.18. The zero-order chi connectivity index (χ0) is 39.8. The first-order valence-corrected chi connectivity index (χ1v) is 18.9. The summed E-state index contributed by atoms with van der Waals surface area (Å²) in [5, 5.41) is 18.4. The van der Waals surface area contributed by atoms with Crippen molar-refractivity contribution < 1.29 is 51.9 Å². The second kappa shape index (κ2) is 21.5. The van der Waals surface area contributed by atoms with Crippen LogP contribution in [-0.2, 0) is 25.5 Å². The Morgan fingerprint density at radius 2 is 1.25 bits per heavy atom. The minimum absolute atomic E-state index is 0.0837. The summed E-state index contributed by atoms with van der Waals surface area (Å²) >= 11 is 0. The van der Waals surface area contributed by atoms with Crippen molar-refractivity contribution in [3.63, 3.8) is 0 Å². The molecule has 298 valence electrons. The van der Waals surface area contributed by atoms with E-state index in [4.69, 9.17) is 24.1 Å². The fourth-order valence-corrected chi connectivity index (χ4v) is 6.61. The smallest absolute Gasteiger partial charge is 0.389 e. The molecule has 1 atom stereocenters. The standard InChI is InChI=1S/C44H53F3O8/c1-30(21-23-48)42(50)54-28-52-40-24-39(25-41(26-40)53-29-55-43(51)32(3)31(2)27-49)38-19-17-37(18-20-38)36-15-13-35(14-16-36)12-11-34-9-7-33(8-10-34)6-4-5-22-44(45,46)47/h13-20,24-26,31,33-34,48-49H,1,3-12,21-23,27-29H2,2H3. The summed E-state index contributed by atoms with van der Waals surface area (Å²) in [6.07, 6.45) is 3.83. The minimum atomic E-state index is -4.05. The molecule has 0 radical (unpaired) electrons. The molecule has 55 heavy (non-hydrogen) atoms. The number of rotatable bonds is 21. The molecule has 2 N–H and O–H groups in total. The van der Waals surface area contributed by atoms with Crippen molar-refractivity contribution in [3.8, 4) is 33.8 Å². The third kappa shape index (κ3) is 14.5. The van der Waals surface area contributed by atoms with Gasteiger partial charge in [-0.25, -0.2) is 9.59 Å². The number of aryl methyl sites for hydroxylation is 1. The van der Waals surface area contributed by atoms with Crippen LogP contribution in [0.1, 0.15) is 76.7 Å². The van der Waals surface area contributed by atoms with E-state index in [9.17, 15) is 27.9 Å². The quantitative estimate of drug-likeness (QED) is 0.0477. The molecule has 1 fully saturated rings. The van der Waals surface area contributed by atoms with Gasteiger partial charge in [0.2, 0.25) is 13.6 Å². The van der Waals surface area contributed by atoms with E-state index in [1.165, 1.54) is 5.56 Å². The third-order valence-electron chi connectivity index (χ3n) is 10.2. The summed E-state index contributed by atoms with van der Waals surface area (Å²) in [5.41, 5.74) is 5.21. The zero-order valence-electron chi connectivity index (χ0n) is 31.6. The summed E-state index contributed by atoms with van der Waals surface area (Å²) < 4.78 is 59.0. The molecule has 1 saturated carbocycles. The Morgan fingerprint density at radius 3 is 1.78 bits per heavy atom. The van der Waals surface area contributed by atoms with Crippen LogP contribution in [-0.4, -0.2) is 55.1 Å². The fourth-order valence-electron chi connectivity index (χ4n) is 6.61. The Kier molecular flexibility index (Phi) is 16.8. The number of carbonyl (C=O) groups excluding carboxylic acids is 2. The molecular weight excluding hydrogens is 713 g/mol. The monoisotopic (exact) mass is 766 g/mol. The van der Waals surface area contributed by atoms with Gasteiger partial charge in [0, 0.05) is 49.2 Å². The van der Waals surface area contributed by atoms with Crippen molar-refractivity contribution >= 4 is 11.9 Å². The maximum absolute atomic E-state index is 12.4. The molecule has 8 nitrogen and oxygen atoms in total. The second-order valence-corrected chi connectivity index (χ2v) is 14.3. The largest absolute Gasteiger partial charge is 0.457 e. The van der Waals surface area contributed by atoms with E-state index in [0.29, 0.717) is 29.8 Å². The highest BCUT2D eigenvalue weighted by molar-refractivity contribution is 5.88. The Balaban J connectivity index is 1.34. The van der Waals surface area contributed by atoms with Crippen LogP contribution in [0.25, 0.3) is 22.3 Å². The number of hydrogen-bond acceptors (Lipinski definition) is 8. The highest BCUT2D eigenvalue weighted by Gasteiger charge is 2.27. The van der Waals surface area contributed by atoms with Crippen molar-refractivity contribution in [1.82, 2.24) is 0 Å². The molecule has 0 spiro atoms. The van der Waals surface area contributed by atoms with Gasteiger partial charge in [-0.1, -0.05) is 107 Å². The van der Waals surface area contributed by atoms with Crippen LogP contribution in [0.4, 0.5) is 13.2 Å². The van der Waals surface area contributed by atoms with Crippen molar-refractivity contribution in [1.29, 1.82) is 0 Å². The van der Waals surface area contributed by atoms with Crippen molar-refractivity contribution in [2.45, 2.75) is 83.7 Å². The maximum Gasteiger partial charge on any atom is 0.389 e. The molecule has 3 aromatic carbocycles. The van der Waals surface area contributed by atoms with Crippen LogP contribution < -0.4 is 9.47 Å². The van der Waals surface area contributed by atoms with E-state index in [0.717, 1.165) is 67.2 Å². The van der Waals surface area contributed by atoms with Crippen LogP contribution in [0.5, 0.6) is 11.5 Å². The zero-order valence-corrected chi connectivity index (χ0v) is 31.6. The molecule has 0 heterocycles. The van der Waals surface area contributed by atoms with Crippen LogP contribution in [0.3, 0.4) is 0 Å². The lowest BCUT2D eigenvalue weighted by Crippen LogP contribution is -2.18. The van der Waals surface area contributed by atoms with Crippen LogP contribution >= 0.6 is 0 Å². The Hall–Kier alpha value is -4.61. The number of unbranched alkanes of at least 4 members (excludes halogenated alkanes) is 1. The average molecular weight is 767 g/mol. The summed E-state index contributed by atoms with van der Waals surface area (Å²) in [4.78, 5) is 24.4. The van der Waals surface area contributed by atoms with Gasteiger partial charge in [0.15, 0.2) is 0 Å². The Labute approximate surface area is 322 Å². The van der Waals surface area contributed by atoms with Gasteiger partial charge in [-0.3, -0.25) is 0 Å². The summed E-state index contributed by atoms with van der Waals surface area (Å²) in [5.74, 6) is 0.0389. The van der Waals surface area contributed by atoms with E-state index >= 15 is 0 Å². The van der Waals surface area contributed by atoms with Gasteiger partial charge in [0.25, 0.3) is 0 Å². The number of carbonyl (C=O) groups is 2. The first kappa shape index (κ1) is 43.1. The number of halogens is 3. The highest BCUT2D eigenvalue weighted by Crippen LogP contribution is 2.36. The fraction of sp³-hybridized carbons (Fsp3) is 0.455. The van der Waals surface area contributed by atoms with E-state index in [1.807, 2.05) is 24.3 Å². The lowest BCUT2D eigenvalue weighted by molar-refractivity contribution is -0.146. The molecular formula is C44H53F3O8. The van der Waals surface area contributed by atoms with E-state index in [-0.39, 0.29) is 37.2 Å². The first-order valence-electron chi connectivity index (χ1n) is 18.9. The molecule has 4 rings (SSSR count). The summed E-state index contributed by atoms with van der Waals surface area (Å²) in [7, 11) is 0. The molecule has 3 aromatic rings. The van der Waals surface area contributed by atoms with Crippen molar-refractivity contribution in [2.75, 3.05) is 26.8 Å². The maximum atomic E-state index is 12.4. The number of benzene rings is 3. The van der Waals surface area contributed by atoms with E-state index in [1.54, 1.807) is 25.1 Å². The number of alkyl halides is 3. The molecule has 0 amide bonds. The molecule has 1 aliphatic carbocycles. The molecule has 0 saturated heterocycles. The Morgan fingerprint density at radius 1 is 0.745 bits per heavy atom. The van der Waals surface area contributed by atoms with Crippen LogP contribution in [0, 0.1) is 17.8 Å². The third-order valence-corrected chi connectivity index (χ3v) is 10.2. The van der Waals surface area contributed by atoms with Crippen molar-refractivity contribution in [2.24, 2.45) is 17.8 Å². The van der Waals surface area contributed by atoms with Gasteiger partial charge in [0.1, 0.15) is 11.5 Å². The van der Waals surface area contributed by atoms with E-state index < -0.39 is 44.0 Å². The minimum Gasteiger partial charge on any atom is -0.457 e. The summed E-state index contributed by atoms with van der Waals surface area (Å²) in [6.45, 7) is 7.62. The number of ether oxygens (including phenoxy) is 4. The highest BCUT2D eigenvalue weighted by atomic mass is 19.4. The molecule has 0 aliphatic heterocycles. The molecule has 1 unspecified atom stereocenters. The van der Waals surface area contributed by atoms with Gasteiger partial charge in [0.05, 0.1) is 0 Å². The topological polar surface area (TPSA) is 112 Å². The van der Waals surface area contributed by atoms with Gasteiger partial charge in [-0.15, -0.1) is 0 Å². The second-order valence-electron chi connectivity index (χ2n) is 14.3. The lowest BCUT2D eigenvalue weighted by Gasteiger charge is -2.28. The number of aliphatic hydroxyl groups is 2. The molecule has 0 bridgehead atoms. The number of hydrogen-bond donors (Lipinski definition) is 2. The van der Waals surface area contributed by atoms with Crippen LogP contribution in [0.2, 0.25) is 0 Å². The van der Waals surface area contributed by atoms with Gasteiger partial charge < -0.3 is 29.2 Å². The molecule has 1 aliphatic rings. The predicted molar refractivity (Wildman–Crippen MR) is 205 cm³/mol. The predicted octanol–water partition coefficient (Wildman–Crippen LogP) is 9.76. The SMILES string of the molecule is C=C(CCO)C(=O)OCOc1cc(OCOC(=O)C(=C)C(C)CO)cc(-c2ccc(-c3ccc(CCC4CCC(CCCCC(F)(F)F)CC4)cc3)cc2)c1.